The van der Waals surface area contributed by atoms with Crippen LogP contribution in [0.4, 0.5) is 5.82 Å². The Labute approximate surface area is 93.3 Å². The van der Waals surface area contributed by atoms with E-state index in [1.165, 1.54) is 0 Å². The number of anilines is 1. The van der Waals surface area contributed by atoms with Gasteiger partial charge in [-0.1, -0.05) is 11.6 Å². The fourth-order valence-electron chi connectivity index (χ4n) is 2.47. The number of pyridine rings is 1. The van der Waals surface area contributed by atoms with Crippen LogP contribution in [0.5, 0.6) is 0 Å². The van der Waals surface area contributed by atoms with Crippen molar-refractivity contribution < 1.29 is 0 Å². The predicted octanol–water partition coefficient (Wildman–Crippen LogP) is 1.94. The molecule has 0 spiro atoms. The maximum Gasteiger partial charge on any atom is 0.129 e. The lowest BCUT2D eigenvalue weighted by Crippen LogP contribution is -2.24. The van der Waals surface area contributed by atoms with E-state index in [-0.39, 0.29) is 0 Å². The minimum Gasteiger partial charge on any atom is -0.356 e. The highest BCUT2D eigenvalue weighted by Crippen LogP contribution is 2.51. The molecule has 0 bridgehead atoms. The second-order valence-electron chi connectivity index (χ2n) is 4.22. The summed E-state index contributed by atoms with van der Waals surface area (Å²) in [6.07, 6.45) is 1.73. The molecule has 2 unspecified atom stereocenters. The lowest BCUT2D eigenvalue weighted by Gasteiger charge is -2.19. The molecule has 2 aliphatic rings. The minimum absolute atomic E-state index is 0.292. The topological polar surface area (TPSA) is 39.9 Å². The standard InChI is InChI=1S/C11H10ClN3/c12-7-1-2-14-11(3-7)15-5-9-8(4-13)10(9)6-15/h1-3,8-10H,5-6H2. The van der Waals surface area contributed by atoms with Gasteiger partial charge in [0.05, 0.1) is 12.0 Å². The van der Waals surface area contributed by atoms with E-state index in [1.807, 2.05) is 6.07 Å². The monoisotopic (exact) mass is 219 g/mol. The van der Waals surface area contributed by atoms with Crippen LogP contribution in [0.3, 0.4) is 0 Å². The van der Waals surface area contributed by atoms with Crippen LogP contribution in [0.1, 0.15) is 0 Å². The zero-order chi connectivity index (χ0) is 10.4. The van der Waals surface area contributed by atoms with Gasteiger partial charge in [0.2, 0.25) is 0 Å². The number of aromatic nitrogens is 1. The first-order chi connectivity index (χ1) is 7.29. The average Bonchev–Trinajstić information content (AvgIpc) is 2.70. The van der Waals surface area contributed by atoms with Crippen molar-refractivity contribution in [3.05, 3.63) is 23.4 Å². The van der Waals surface area contributed by atoms with Gasteiger partial charge in [-0.05, 0) is 24.0 Å². The number of nitrogens with zero attached hydrogens (tertiary/aromatic N) is 3. The molecule has 1 aromatic heterocycles. The maximum atomic E-state index is 8.81. The molecule has 4 heteroatoms. The van der Waals surface area contributed by atoms with Crippen molar-refractivity contribution in [2.24, 2.45) is 17.8 Å². The molecule has 0 aromatic carbocycles. The van der Waals surface area contributed by atoms with Crippen LogP contribution in [-0.4, -0.2) is 18.1 Å². The molecule has 2 atom stereocenters. The number of fused-ring (bicyclic) bond motifs is 1. The van der Waals surface area contributed by atoms with E-state index in [9.17, 15) is 0 Å². The summed E-state index contributed by atoms with van der Waals surface area (Å²) < 4.78 is 0. The summed E-state index contributed by atoms with van der Waals surface area (Å²) in [5.41, 5.74) is 0. The van der Waals surface area contributed by atoms with E-state index in [4.69, 9.17) is 16.9 Å². The molecule has 1 saturated heterocycles. The third-order valence-corrected chi connectivity index (χ3v) is 3.61. The molecule has 76 valence electrons. The third kappa shape index (κ3) is 1.37. The first-order valence-electron chi connectivity index (χ1n) is 5.05. The van der Waals surface area contributed by atoms with Gasteiger partial charge in [0.15, 0.2) is 0 Å². The van der Waals surface area contributed by atoms with E-state index in [2.05, 4.69) is 16.0 Å². The van der Waals surface area contributed by atoms with Crippen molar-refractivity contribution in [2.75, 3.05) is 18.0 Å². The van der Waals surface area contributed by atoms with Crippen LogP contribution in [0.15, 0.2) is 18.3 Å². The van der Waals surface area contributed by atoms with Crippen LogP contribution < -0.4 is 4.90 Å². The molecule has 1 aliphatic heterocycles. The molecule has 0 amide bonds. The van der Waals surface area contributed by atoms with E-state index in [0.717, 1.165) is 23.9 Å². The average molecular weight is 220 g/mol. The highest BCUT2D eigenvalue weighted by atomic mass is 35.5. The number of hydrogen-bond acceptors (Lipinski definition) is 3. The Balaban J connectivity index is 1.75. The normalized spacial score (nSPS) is 32.3. The number of nitriles is 1. The largest absolute Gasteiger partial charge is 0.356 e. The van der Waals surface area contributed by atoms with Gasteiger partial charge in [0, 0.05) is 24.3 Å². The second kappa shape index (κ2) is 3.11. The van der Waals surface area contributed by atoms with Crippen molar-refractivity contribution in [1.29, 1.82) is 5.26 Å². The van der Waals surface area contributed by atoms with Gasteiger partial charge >= 0.3 is 0 Å². The summed E-state index contributed by atoms with van der Waals surface area (Å²) >= 11 is 5.91. The molecule has 2 heterocycles. The van der Waals surface area contributed by atoms with Gasteiger partial charge < -0.3 is 4.90 Å². The number of rotatable bonds is 1. The minimum atomic E-state index is 0.292. The molecular weight excluding hydrogens is 210 g/mol. The van der Waals surface area contributed by atoms with E-state index in [1.54, 1.807) is 12.3 Å². The summed E-state index contributed by atoms with van der Waals surface area (Å²) in [5, 5.41) is 9.53. The maximum absolute atomic E-state index is 8.81. The molecule has 1 aliphatic carbocycles. The van der Waals surface area contributed by atoms with Crippen molar-refractivity contribution in [3.63, 3.8) is 0 Å². The van der Waals surface area contributed by atoms with Gasteiger partial charge in [-0.2, -0.15) is 5.26 Å². The highest BCUT2D eigenvalue weighted by Gasteiger charge is 2.56. The van der Waals surface area contributed by atoms with Crippen molar-refractivity contribution >= 4 is 17.4 Å². The zero-order valence-electron chi connectivity index (χ0n) is 8.10. The van der Waals surface area contributed by atoms with E-state index >= 15 is 0 Å². The molecule has 3 nitrogen and oxygen atoms in total. The Bertz CT molecular complexity index is 428. The van der Waals surface area contributed by atoms with Gasteiger partial charge in [-0.15, -0.1) is 0 Å². The molecule has 15 heavy (non-hydrogen) atoms. The quantitative estimate of drug-likeness (QED) is 0.725. The Morgan fingerprint density at radius 2 is 2.20 bits per heavy atom. The number of piperidine rings is 1. The smallest absolute Gasteiger partial charge is 0.129 e. The molecular formula is C11H10ClN3. The van der Waals surface area contributed by atoms with Gasteiger partial charge in [0.25, 0.3) is 0 Å². The SMILES string of the molecule is N#CC1C2CN(c3cc(Cl)ccn3)CC12. The highest BCUT2D eigenvalue weighted by molar-refractivity contribution is 6.30. The Morgan fingerprint density at radius 3 is 2.80 bits per heavy atom. The first-order valence-corrected chi connectivity index (χ1v) is 5.43. The Hall–Kier alpha value is -1.27. The summed E-state index contributed by atoms with van der Waals surface area (Å²) in [5.74, 6) is 2.36. The zero-order valence-corrected chi connectivity index (χ0v) is 8.85. The van der Waals surface area contributed by atoms with Crippen LogP contribution in [0.2, 0.25) is 5.02 Å². The molecule has 3 rings (SSSR count). The predicted molar refractivity (Wildman–Crippen MR) is 57.5 cm³/mol. The molecule has 0 radical (unpaired) electrons. The fraction of sp³-hybridized carbons (Fsp3) is 0.455. The van der Waals surface area contributed by atoms with E-state index in [0.29, 0.717) is 17.8 Å². The Morgan fingerprint density at radius 1 is 1.47 bits per heavy atom. The number of halogens is 1. The third-order valence-electron chi connectivity index (χ3n) is 3.37. The van der Waals surface area contributed by atoms with Crippen molar-refractivity contribution in [3.8, 4) is 6.07 Å². The summed E-state index contributed by atoms with van der Waals surface area (Å²) in [6.45, 7) is 1.91. The molecule has 0 N–H and O–H groups in total. The van der Waals surface area contributed by atoms with Crippen LogP contribution in [0, 0.1) is 29.1 Å². The molecule has 1 saturated carbocycles. The summed E-state index contributed by atoms with van der Waals surface area (Å²) in [6, 6.07) is 6.01. The second-order valence-corrected chi connectivity index (χ2v) is 4.66. The van der Waals surface area contributed by atoms with Crippen LogP contribution in [0.25, 0.3) is 0 Å². The Kier molecular flexibility index (Phi) is 1.86. The lowest BCUT2D eigenvalue weighted by atomic mass is 10.3. The van der Waals surface area contributed by atoms with Crippen molar-refractivity contribution in [1.82, 2.24) is 4.98 Å². The fourth-order valence-corrected chi connectivity index (χ4v) is 2.63. The van der Waals surface area contributed by atoms with E-state index < -0.39 is 0 Å². The summed E-state index contributed by atoms with van der Waals surface area (Å²) in [7, 11) is 0. The van der Waals surface area contributed by atoms with Gasteiger partial charge in [-0.3, -0.25) is 0 Å². The molecule has 2 fully saturated rings. The van der Waals surface area contributed by atoms with Crippen molar-refractivity contribution in [2.45, 2.75) is 0 Å². The van der Waals surface area contributed by atoms with Gasteiger partial charge in [0.1, 0.15) is 5.82 Å². The summed E-state index contributed by atoms with van der Waals surface area (Å²) in [4.78, 5) is 6.50. The van der Waals surface area contributed by atoms with Crippen LogP contribution >= 0.6 is 11.6 Å². The number of hydrogen-bond donors (Lipinski definition) is 0. The van der Waals surface area contributed by atoms with Crippen LogP contribution in [-0.2, 0) is 0 Å². The molecule has 1 aromatic rings. The first kappa shape index (κ1) is 8.99. The lowest BCUT2D eigenvalue weighted by molar-refractivity contribution is 0.736. The van der Waals surface area contributed by atoms with Gasteiger partial charge in [-0.25, -0.2) is 4.98 Å².